The molecule has 10 heteroatoms. The van der Waals surface area contributed by atoms with E-state index < -0.39 is 0 Å². The van der Waals surface area contributed by atoms with Crippen LogP contribution in [0, 0.1) is 12.4 Å². The van der Waals surface area contributed by atoms with Crippen molar-refractivity contribution in [3.63, 3.8) is 0 Å². The lowest BCUT2D eigenvalue weighted by Gasteiger charge is -2.41. The van der Waals surface area contributed by atoms with Gasteiger partial charge in [0.25, 0.3) is 0 Å². The Balaban J connectivity index is 1.33. The molecule has 0 N–H and O–H groups in total. The number of amides is 1. The monoisotopic (exact) mass is 583 g/mol. The summed E-state index contributed by atoms with van der Waals surface area (Å²) in [6.07, 6.45) is 4.43. The molecule has 2 aromatic carbocycles. The first kappa shape index (κ1) is 28.9. The third-order valence-electron chi connectivity index (χ3n) is 9.01. The molecule has 2 atom stereocenters. The van der Waals surface area contributed by atoms with Crippen LogP contribution in [0.25, 0.3) is 15.6 Å². The minimum atomic E-state index is -0.266. The highest BCUT2D eigenvalue weighted by molar-refractivity contribution is 5.95. The molecule has 2 fully saturated rings. The zero-order valence-electron chi connectivity index (χ0n) is 24.9. The van der Waals surface area contributed by atoms with Crippen LogP contribution in [-0.4, -0.2) is 90.2 Å². The summed E-state index contributed by atoms with van der Waals surface area (Å²) >= 11 is 0. The maximum atomic E-state index is 15.0. The maximum absolute atomic E-state index is 15.0. The highest BCUT2D eigenvalue weighted by Crippen LogP contribution is 2.36. The second-order valence-corrected chi connectivity index (χ2v) is 11.8. The number of halogens is 1. The largest absolute Gasteiger partial charge is 0.462 e. The first-order valence-corrected chi connectivity index (χ1v) is 15.1. The lowest BCUT2D eigenvalue weighted by Crippen LogP contribution is -2.56. The fourth-order valence-electron chi connectivity index (χ4n) is 6.33. The highest BCUT2D eigenvalue weighted by atomic mass is 19.1. The van der Waals surface area contributed by atoms with E-state index in [1.165, 1.54) is 25.0 Å². The van der Waals surface area contributed by atoms with E-state index in [0.29, 0.717) is 63.2 Å². The average Bonchev–Trinajstić information content (AvgIpc) is 3.88. The van der Waals surface area contributed by atoms with Crippen molar-refractivity contribution in [2.45, 2.75) is 50.9 Å². The van der Waals surface area contributed by atoms with E-state index in [1.54, 1.807) is 11.0 Å². The van der Waals surface area contributed by atoms with Gasteiger partial charge in [-0.3, -0.25) is 9.69 Å². The van der Waals surface area contributed by atoms with Gasteiger partial charge < -0.3 is 24.3 Å². The van der Waals surface area contributed by atoms with Crippen molar-refractivity contribution in [1.29, 1.82) is 0 Å². The summed E-state index contributed by atoms with van der Waals surface area (Å²) in [6.45, 7) is 16.7. The number of carbonyl (C=O) groups is 1. The Kier molecular flexibility index (Phi) is 8.17. The number of anilines is 2. The van der Waals surface area contributed by atoms with Crippen LogP contribution < -0.4 is 14.5 Å². The Bertz CT molecular complexity index is 1560. The van der Waals surface area contributed by atoms with Gasteiger partial charge in [-0.25, -0.2) is 11.0 Å². The first-order chi connectivity index (χ1) is 20.9. The predicted octanol–water partition coefficient (Wildman–Crippen LogP) is 4.32. The van der Waals surface area contributed by atoms with Crippen molar-refractivity contribution in [3.05, 3.63) is 77.5 Å². The number of carbonyl (C=O) groups excluding carboxylic acids is 1. The van der Waals surface area contributed by atoms with Crippen LogP contribution in [0.1, 0.15) is 31.0 Å². The van der Waals surface area contributed by atoms with Crippen molar-refractivity contribution < 1.29 is 13.9 Å². The Morgan fingerprint density at radius 1 is 1.21 bits per heavy atom. The van der Waals surface area contributed by atoms with E-state index in [-0.39, 0.29) is 30.4 Å². The van der Waals surface area contributed by atoms with Gasteiger partial charge in [0.1, 0.15) is 24.3 Å². The molecule has 1 aromatic heterocycles. The third-order valence-corrected chi connectivity index (χ3v) is 9.01. The van der Waals surface area contributed by atoms with Gasteiger partial charge in [0.15, 0.2) is 0 Å². The van der Waals surface area contributed by atoms with Crippen molar-refractivity contribution >= 4 is 28.2 Å². The van der Waals surface area contributed by atoms with Gasteiger partial charge in [-0.05, 0) is 56.8 Å². The van der Waals surface area contributed by atoms with Crippen LogP contribution in [0.3, 0.4) is 0 Å². The number of piperazine rings is 1. The van der Waals surface area contributed by atoms with E-state index in [0.717, 1.165) is 28.1 Å². The molecule has 0 radical (unpaired) electrons. The second kappa shape index (κ2) is 12.2. The smallest absolute Gasteiger partial charge is 0.318 e. The Morgan fingerprint density at radius 3 is 2.74 bits per heavy atom. The summed E-state index contributed by atoms with van der Waals surface area (Å²) in [4.78, 5) is 34.4. The number of ether oxygens (including phenoxy) is 1. The normalized spacial score (nSPS) is 19.2. The molecular formula is C33H38FN7O2. The summed E-state index contributed by atoms with van der Waals surface area (Å²) in [5, 5.41) is 1.48. The number of likely N-dealkylation sites (N-methyl/N-ethyl adjacent to an activating group) is 1. The molecule has 3 heterocycles. The zero-order chi connectivity index (χ0) is 30.1. The molecule has 1 saturated carbocycles. The molecule has 1 saturated heterocycles. The fourth-order valence-corrected chi connectivity index (χ4v) is 6.33. The number of nitrogens with zero attached hydrogens (tertiary/aromatic N) is 7. The van der Waals surface area contributed by atoms with E-state index >= 15 is 4.39 Å². The van der Waals surface area contributed by atoms with Crippen LogP contribution in [-0.2, 0) is 17.8 Å². The van der Waals surface area contributed by atoms with Gasteiger partial charge in [0, 0.05) is 54.9 Å². The minimum absolute atomic E-state index is 0.159. The van der Waals surface area contributed by atoms with Crippen molar-refractivity contribution in [2.24, 2.45) is 0 Å². The highest BCUT2D eigenvalue weighted by Gasteiger charge is 2.35. The molecule has 224 valence electrons. The van der Waals surface area contributed by atoms with Crippen LogP contribution in [0.4, 0.5) is 15.9 Å². The van der Waals surface area contributed by atoms with Crippen LogP contribution in [0.15, 0.2) is 49.1 Å². The standard InChI is InChI=1S/C33H38FN7O2/c1-5-30(42)41-17-16-40(19-25(41)18-35-3)32-26-14-15-39(29-11-7-9-23-8-6-10-27(34)31(23)29)20-28(26)36-33(37-32)43-21-22(2)38(4)24-12-13-24/h5-11,22,24-25H,1,12-21H2,2,4H3/t22-,25+/m1/s1. The minimum Gasteiger partial charge on any atom is -0.462 e. The first-order valence-electron chi connectivity index (χ1n) is 15.1. The van der Waals surface area contributed by atoms with Crippen LogP contribution in [0.5, 0.6) is 6.01 Å². The molecule has 6 rings (SSSR count). The number of benzene rings is 2. The van der Waals surface area contributed by atoms with Crippen molar-refractivity contribution in [3.8, 4) is 6.01 Å². The molecule has 1 aliphatic carbocycles. The number of rotatable bonds is 9. The summed E-state index contributed by atoms with van der Waals surface area (Å²) in [7, 11) is 2.13. The Morgan fingerprint density at radius 2 is 2.00 bits per heavy atom. The molecule has 9 nitrogen and oxygen atoms in total. The number of aromatic nitrogens is 2. The summed E-state index contributed by atoms with van der Waals surface area (Å²) in [6, 6.07) is 11.9. The van der Waals surface area contributed by atoms with Gasteiger partial charge in [-0.2, -0.15) is 9.97 Å². The van der Waals surface area contributed by atoms with E-state index in [1.807, 2.05) is 24.3 Å². The van der Waals surface area contributed by atoms with E-state index in [9.17, 15) is 4.79 Å². The summed E-state index contributed by atoms with van der Waals surface area (Å²) in [5.41, 5.74) is 2.74. The third kappa shape index (κ3) is 5.87. The van der Waals surface area contributed by atoms with E-state index in [2.05, 4.69) is 40.1 Å². The van der Waals surface area contributed by atoms with Gasteiger partial charge >= 0.3 is 6.01 Å². The molecule has 0 bridgehead atoms. The lowest BCUT2D eigenvalue weighted by atomic mass is 10.0. The topological polar surface area (TPSA) is 69.4 Å². The van der Waals surface area contributed by atoms with Crippen LogP contribution in [0.2, 0.25) is 0 Å². The van der Waals surface area contributed by atoms with Gasteiger partial charge in [0.2, 0.25) is 12.5 Å². The summed E-state index contributed by atoms with van der Waals surface area (Å²) < 4.78 is 21.3. The SMILES string of the molecule is [C-]#[N+]C[C@H]1CN(c2nc(OC[C@@H](C)N(C)C3CC3)nc3c2CCN(c2cccc4cccc(F)c24)C3)CCN1C(=O)C=C. The number of hydrogen-bond donors (Lipinski definition) is 0. The van der Waals surface area contributed by atoms with Gasteiger partial charge in [-0.1, -0.05) is 30.8 Å². The molecule has 2 aliphatic heterocycles. The quantitative estimate of drug-likeness (QED) is 0.275. The van der Waals surface area contributed by atoms with Crippen molar-refractivity contribution in [2.75, 3.05) is 56.2 Å². The summed E-state index contributed by atoms with van der Waals surface area (Å²) in [5.74, 6) is 0.402. The maximum Gasteiger partial charge on any atom is 0.318 e. The second-order valence-electron chi connectivity index (χ2n) is 11.8. The van der Waals surface area contributed by atoms with E-state index in [4.69, 9.17) is 21.3 Å². The number of fused-ring (bicyclic) bond motifs is 2. The van der Waals surface area contributed by atoms with Crippen LogP contribution >= 0.6 is 0 Å². The fraction of sp³-hybridized carbons (Fsp3) is 0.455. The molecule has 3 aromatic rings. The Hall–Kier alpha value is -4.23. The van der Waals surface area contributed by atoms with Crippen molar-refractivity contribution in [1.82, 2.24) is 19.8 Å². The number of hydrogen-bond acceptors (Lipinski definition) is 7. The Labute approximate surface area is 252 Å². The molecule has 0 unspecified atom stereocenters. The molecular weight excluding hydrogens is 545 g/mol. The zero-order valence-corrected chi connectivity index (χ0v) is 24.9. The molecule has 3 aliphatic rings. The molecule has 0 spiro atoms. The van der Waals surface area contributed by atoms with Gasteiger partial charge in [-0.15, -0.1) is 0 Å². The lowest BCUT2D eigenvalue weighted by molar-refractivity contribution is -0.128. The van der Waals surface area contributed by atoms with Gasteiger partial charge in [0.05, 0.1) is 12.2 Å². The average molecular weight is 584 g/mol. The molecule has 1 amide bonds. The molecule has 43 heavy (non-hydrogen) atoms. The predicted molar refractivity (Wildman–Crippen MR) is 166 cm³/mol.